The third-order valence-electron chi connectivity index (χ3n) is 10.7. The van der Waals surface area contributed by atoms with Crippen molar-refractivity contribution >= 4 is 69.0 Å². The van der Waals surface area contributed by atoms with Crippen molar-refractivity contribution in [2.75, 3.05) is 25.5 Å². The van der Waals surface area contributed by atoms with Gasteiger partial charge in [0.05, 0.1) is 28.1 Å². The predicted molar refractivity (Wildman–Crippen MR) is 233 cm³/mol. The Hall–Kier alpha value is -8.14. The van der Waals surface area contributed by atoms with Crippen LogP contribution in [0.15, 0.2) is 126 Å². The van der Waals surface area contributed by atoms with Gasteiger partial charge in [0.25, 0.3) is 17.7 Å². The van der Waals surface area contributed by atoms with Crippen LogP contribution in [0.5, 0.6) is 5.75 Å². The zero-order valence-corrected chi connectivity index (χ0v) is 34.1. The Morgan fingerprint density at radius 2 is 1.67 bits per heavy atom. The largest absolute Gasteiger partial charge is 0.486 e. The third kappa shape index (κ3) is 9.44. The van der Waals surface area contributed by atoms with Crippen LogP contribution in [0, 0.1) is 0 Å². The van der Waals surface area contributed by atoms with E-state index >= 15 is 0 Å². The lowest BCUT2D eigenvalue weighted by atomic mass is 10.0. The molecule has 4 heterocycles. The standard InChI is InChI=1S/C47H41N9O7/c1-48-44(59)36-25-51-38-18-12-28(23-35(38)43(36)52-30-7-3-2-4-8-30)29-13-19-40(50-24-29)45(60)49-22-6-9-32(57)27-63-33-16-14-31(15-17-33)54-55-39-11-5-10-34-37(39)26-56(47(34)62)41-20-21-42(58)53-46(41)61/h2-5,7-8,10-19,23-25,41H,6,9,20-22,26-27H2,1H3,(H,48,59)(H,49,60)(H,51,52)(H,53,58,61). The average Bonchev–Trinajstić information content (AvgIpc) is 3.65. The number of amides is 5. The van der Waals surface area contributed by atoms with Crippen LogP contribution in [0.1, 0.15) is 62.5 Å². The Labute approximate surface area is 361 Å². The minimum Gasteiger partial charge on any atom is -0.486 e. The second-order valence-corrected chi connectivity index (χ2v) is 14.9. The number of benzene rings is 4. The zero-order chi connectivity index (χ0) is 43.9. The fraction of sp³-hybridized carbons (Fsp3) is 0.191. The summed E-state index contributed by atoms with van der Waals surface area (Å²) in [6.07, 6.45) is 4.21. The number of imide groups is 1. The number of nitrogens with one attached hydrogen (secondary N) is 4. The van der Waals surface area contributed by atoms with Gasteiger partial charge in [-0.25, -0.2) is 0 Å². The van der Waals surface area contributed by atoms with Crippen LogP contribution in [0.25, 0.3) is 22.0 Å². The first-order valence-corrected chi connectivity index (χ1v) is 20.3. The van der Waals surface area contributed by atoms with E-state index in [1.54, 1.807) is 74.0 Å². The Kier molecular flexibility index (Phi) is 12.3. The summed E-state index contributed by atoms with van der Waals surface area (Å²) in [6.45, 7) is 0.304. The van der Waals surface area contributed by atoms with Crippen molar-refractivity contribution in [1.82, 2.24) is 30.8 Å². The van der Waals surface area contributed by atoms with Gasteiger partial charge < -0.3 is 25.6 Å². The summed E-state index contributed by atoms with van der Waals surface area (Å²) >= 11 is 0. The molecule has 316 valence electrons. The molecule has 4 aromatic carbocycles. The summed E-state index contributed by atoms with van der Waals surface area (Å²) in [6, 6.07) is 29.8. The van der Waals surface area contributed by atoms with Gasteiger partial charge in [-0.1, -0.05) is 36.4 Å². The smallest absolute Gasteiger partial charge is 0.269 e. The van der Waals surface area contributed by atoms with E-state index in [0.717, 1.165) is 22.2 Å². The lowest BCUT2D eigenvalue weighted by Gasteiger charge is -2.29. The van der Waals surface area contributed by atoms with Gasteiger partial charge in [-0.3, -0.25) is 44.1 Å². The average molecular weight is 844 g/mol. The minimum atomic E-state index is -0.726. The fourth-order valence-corrected chi connectivity index (χ4v) is 7.38. The highest BCUT2D eigenvalue weighted by molar-refractivity contribution is 6.09. The summed E-state index contributed by atoms with van der Waals surface area (Å²) in [7, 11) is 1.57. The first-order chi connectivity index (χ1) is 30.6. The molecule has 8 rings (SSSR count). The van der Waals surface area contributed by atoms with Crippen LogP contribution in [0.4, 0.5) is 22.7 Å². The number of rotatable bonds is 15. The molecule has 1 unspecified atom stereocenters. The van der Waals surface area contributed by atoms with Gasteiger partial charge >= 0.3 is 0 Å². The van der Waals surface area contributed by atoms with E-state index in [4.69, 9.17) is 4.74 Å². The molecular formula is C47H41N9O7. The number of nitrogens with zero attached hydrogens (tertiary/aromatic N) is 5. The van der Waals surface area contributed by atoms with Gasteiger partial charge in [0.15, 0.2) is 5.78 Å². The lowest BCUT2D eigenvalue weighted by Crippen LogP contribution is -2.52. The molecule has 6 aromatic rings. The maximum Gasteiger partial charge on any atom is 0.269 e. The summed E-state index contributed by atoms with van der Waals surface area (Å²) in [5.74, 6) is -1.42. The number of aromatic nitrogens is 2. The van der Waals surface area contributed by atoms with E-state index in [-0.39, 0.29) is 74.1 Å². The molecule has 2 aromatic heterocycles. The monoisotopic (exact) mass is 843 g/mol. The molecule has 0 bridgehead atoms. The number of ether oxygens (including phenoxy) is 1. The molecule has 0 radical (unpaired) electrons. The summed E-state index contributed by atoms with van der Waals surface area (Å²) in [4.78, 5) is 85.8. The van der Waals surface area contributed by atoms with Crippen molar-refractivity contribution in [2.24, 2.45) is 10.2 Å². The molecule has 1 saturated heterocycles. The van der Waals surface area contributed by atoms with E-state index in [2.05, 4.69) is 41.5 Å². The number of piperidine rings is 1. The first-order valence-electron chi connectivity index (χ1n) is 20.3. The molecule has 0 saturated carbocycles. The minimum absolute atomic E-state index is 0.135. The predicted octanol–water partition coefficient (Wildman–Crippen LogP) is 6.73. The van der Waals surface area contributed by atoms with Crippen LogP contribution in [0.3, 0.4) is 0 Å². The Morgan fingerprint density at radius 1 is 0.857 bits per heavy atom. The number of para-hydroxylation sites is 1. The Bertz CT molecular complexity index is 2780. The second-order valence-electron chi connectivity index (χ2n) is 14.9. The SMILES string of the molecule is CNC(=O)c1cnc2ccc(-c3ccc(C(=O)NCCCC(=O)COc4ccc(N=Nc5cccc6c5CN(C5CCC(=O)NC5=O)C6=O)cc4)nc3)cc2c1Nc1ccccc1. The third-order valence-corrected chi connectivity index (χ3v) is 10.7. The molecule has 0 aliphatic carbocycles. The molecule has 16 heteroatoms. The highest BCUT2D eigenvalue weighted by atomic mass is 16.5. The van der Waals surface area contributed by atoms with Gasteiger partial charge in [0, 0.05) is 73.1 Å². The molecule has 63 heavy (non-hydrogen) atoms. The van der Waals surface area contributed by atoms with Crippen molar-refractivity contribution in [2.45, 2.75) is 38.3 Å². The lowest BCUT2D eigenvalue weighted by molar-refractivity contribution is -0.137. The van der Waals surface area contributed by atoms with Crippen LogP contribution in [-0.2, 0) is 20.9 Å². The van der Waals surface area contributed by atoms with Gasteiger partial charge in [0.2, 0.25) is 11.8 Å². The zero-order valence-electron chi connectivity index (χ0n) is 34.1. The van der Waals surface area contributed by atoms with Crippen LogP contribution < -0.4 is 26.0 Å². The number of Topliss-reactive ketones (excluding diaryl/α,β-unsaturated/α-hetero) is 1. The summed E-state index contributed by atoms with van der Waals surface area (Å²) in [5.41, 5.74) is 6.47. The van der Waals surface area contributed by atoms with Crippen molar-refractivity contribution in [3.63, 3.8) is 0 Å². The topological polar surface area (TPSA) is 214 Å². The summed E-state index contributed by atoms with van der Waals surface area (Å²) < 4.78 is 5.68. The van der Waals surface area contributed by atoms with Crippen molar-refractivity contribution in [1.29, 1.82) is 0 Å². The highest BCUT2D eigenvalue weighted by Crippen LogP contribution is 2.35. The van der Waals surface area contributed by atoms with E-state index in [1.165, 1.54) is 4.90 Å². The van der Waals surface area contributed by atoms with Crippen molar-refractivity contribution in [3.05, 3.63) is 138 Å². The van der Waals surface area contributed by atoms with E-state index in [9.17, 15) is 28.8 Å². The molecular weight excluding hydrogens is 803 g/mol. The van der Waals surface area contributed by atoms with Gasteiger partial charge in [-0.2, -0.15) is 10.2 Å². The maximum atomic E-state index is 13.1. The molecule has 2 aliphatic heterocycles. The second kappa shape index (κ2) is 18.6. The fourth-order valence-electron chi connectivity index (χ4n) is 7.38. The van der Waals surface area contributed by atoms with Gasteiger partial charge in [-0.15, -0.1) is 0 Å². The quantitative estimate of drug-likeness (QED) is 0.0486. The molecule has 2 aliphatic rings. The number of hydrogen-bond acceptors (Lipinski definition) is 12. The Balaban J connectivity index is 0.798. The Morgan fingerprint density at radius 3 is 2.43 bits per heavy atom. The molecule has 16 nitrogen and oxygen atoms in total. The number of azo groups is 1. The molecule has 1 fully saturated rings. The van der Waals surface area contributed by atoms with E-state index in [0.29, 0.717) is 51.4 Å². The van der Waals surface area contributed by atoms with E-state index in [1.807, 2.05) is 48.5 Å². The summed E-state index contributed by atoms with van der Waals surface area (Å²) in [5, 5.41) is 20.6. The van der Waals surface area contributed by atoms with Crippen LogP contribution in [0.2, 0.25) is 0 Å². The van der Waals surface area contributed by atoms with Crippen LogP contribution >= 0.6 is 0 Å². The molecule has 1 atom stereocenters. The number of pyridine rings is 2. The highest BCUT2D eigenvalue weighted by Gasteiger charge is 2.40. The number of carbonyl (C=O) groups is 6. The first kappa shape index (κ1) is 41.6. The van der Waals surface area contributed by atoms with Crippen molar-refractivity contribution < 1.29 is 33.5 Å². The number of hydrogen-bond donors (Lipinski definition) is 4. The number of carbonyl (C=O) groups excluding carboxylic acids is 6. The molecule has 0 spiro atoms. The number of ketones is 1. The van der Waals surface area contributed by atoms with Crippen molar-refractivity contribution in [3.8, 4) is 16.9 Å². The normalized spacial score (nSPS) is 14.7. The number of anilines is 2. The number of fused-ring (bicyclic) bond motifs is 2. The van der Waals surface area contributed by atoms with E-state index < -0.39 is 11.9 Å². The van der Waals surface area contributed by atoms with Gasteiger partial charge in [0.1, 0.15) is 24.1 Å². The molecule has 4 N–H and O–H groups in total. The van der Waals surface area contributed by atoms with Crippen LogP contribution in [-0.4, -0.2) is 76.4 Å². The molecule has 5 amide bonds. The maximum absolute atomic E-state index is 13.1. The van der Waals surface area contributed by atoms with Gasteiger partial charge in [-0.05, 0) is 85.1 Å².